The Kier molecular flexibility index (Phi) is 4.05. The van der Waals surface area contributed by atoms with Crippen molar-refractivity contribution in [3.05, 3.63) is 0 Å². The van der Waals surface area contributed by atoms with Crippen molar-refractivity contribution < 1.29 is 14.3 Å². The fourth-order valence-electron chi connectivity index (χ4n) is 1.49. The first-order chi connectivity index (χ1) is 7.07. The molecule has 2 unspecified atom stereocenters. The zero-order chi connectivity index (χ0) is 11.4. The molecule has 0 radical (unpaired) electrons. The fraction of sp³-hybridized carbons (Fsp3) is 0.778. The van der Waals surface area contributed by atoms with E-state index < -0.39 is 11.9 Å². The van der Waals surface area contributed by atoms with E-state index in [1.165, 1.54) is 4.90 Å². The average Bonchev–Trinajstić information content (AvgIpc) is 2.27. The molecule has 1 saturated heterocycles. The van der Waals surface area contributed by atoms with Crippen molar-refractivity contribution in [1.29, 1.82) is 0 Å². The van der Waals surface area contributed by atoms with Crippen molar-refractivity contribution in [2.75, 3.05) is 26.3 Å². The van der Waals surface area contributed by atoms with Crippen molar-refractivity contribution in [3.8, 4) is 0 Å². The molecule has 6 heteroatoms. The molecule has 1 aliphatic heterocycles. The van der Waals surface area contributed by atoms with Crippen LogP contribution in [0, 0.1) is 5.92 Å². The molecule has 0 bridgehead atoms. The Morgan fingerprint density at radius 2 is 2.27 bits per heavy atom. The van der Waals surface area contributed by atoms with Crippen LogP contribution in [0.5, 0.6) is 0 Å². The summed E-state index contributed by atoms with van der Waals surface area (Å²) in [6.07, 6.45) is 0. The maximum absolute atomic E-state index is 11.8. The second-order valence-electron chi connectivity index (χ2n) is 3.66. The van der Waals surface area contributed by atoms with Crippen LogP contribution >= 0.6 is 0 Å². The molecule has 1 heterocycles. The summed E-state index contributed by atoms with van der Waals surface area (Å²) in [6.45, 7) is 3.01. The Morgan fingerprint density at radius 1 is 1.60 bits per heavy atom. The first-order valence-electron chi connectivity index (χ1n) is 4.95. The quantitative estimate of drug-likeness (QED) is 0.586. The molecule has 1 fully saturated rings. The highest BCUT2D eigenvalue weighted by molar-refractivity contribution is 5.87. The predicted molar refractivity (Wildman–Crippen MR) is 53.7 cm³/mol. The monoisotopic (exact) mass is 215 g/mol. The molecule has 0 spiro atoms. The molecular formula is C9H17N3O3. The van der Waals surface area contributed by atoms with Crippen LogP contribution < -0.4 is 11.5 Å². The van der Waals surface area contributed by atoms with E-state index in [1.54, 1.807) is 6.92 Å². The summed E-state index contributed by atoms with van der Waals surface area (Å²) in [7, 11) is 0. The van der Waals surface area contributed by atoms with E-state index in [9.17, 15) is 9.59 Å². The Bertz CT molecular complexity index is 257. The Hall–Kier alpha value is -1.14. The molecule has 1 rings (SSSR count). The second kappa shape index (κ2) is 5.09. The summed E-state index contributed by atoms with van der Waals surface area (Å²) >= 11 is 0. The van der Waals surface area contributed by atoms with E-state index in [0.29, 0.717) is 13.2 Å². The number of amides is 2. The van der Waals surface area contributed by atoms with E-state index in [1.807, 2.05) is 0 Å². The van der Waals surface area contributed by atoms with Gasteiger partial charge < -0.3 is 21.1 Å². The number of hydrogen-bond donors (Lipinski definition) is 2. The van der Waals surface area contributed by atoms with Gasteiger partial charge in [-0.3, -0.25) is 9.59 Å². The number of ether oxygens (including phenoxy) is 1. The van der Waals surface area contributed by atoms with E-state index in [0.717, 1.165) is 0 Å². The predicted octanol–water partition coefficient (Wildman–Crippen LogP) is -1.71. The van der Waals surface area contributed by atoms with Gasteiger partial charge in [-0.05, 0) is 0 Å². The van der Waals surface area contributed by atoms with Crippen molar-refractivity contribution in [1.82, 2.24) is 4.90 Å². The Morgan fingerprint density at radius 3 is 2.80 bits per heavy atom. The van der Waals surface area contributed by atoms with Crippen molar-refractivity contribution in [3.63, 3.8) is 0 Å². The number of carbonyl (C=O) groups excluding carboxylic acids is 2. The summed E-state index contributed by atoms with van der Waals surface area (Å²) in [6, 6.07) is -0.653. The van der Waals surface area contributed by atoms with Crippen LogP contribution in [0.25, 0.3) is 0 Å². The number of nitrogens with zero attached hydrogens (tertiary/aromatic N) is 1. The van der Waals surface area contributed by atoms with Crippen LogP contribution in [0.4, 0.5) is 0 Å². The first kappa shape index (κ1) is 11.9. The van der Waals surface area contributed by atoms with E-state index in [4.69, 9.17) is 16.2 Å². The summed E-state index contributed by atoms with van der Waals surface area (Å²) in [4.78, 5) is 24.4. The average molecular weight is 215 g/mol. The highest BCUT2D eigenvalue weighted by atomic mass is 16.5. The third-order valence-corrected chi connectivity index (χ3v) is 2.52. The molecule has 15 heavy (non-hydrogen) atoms. The number of hydrogen-bond acceptors (Lipinski definition) is 4. The summed E-state index contributed by atoms with van der Waals surface area (Å²) in [5.74, 6) is -0.957. The van der Waals surface area contributed by atoms with Gasteiger partial charge in [-0.15, -0.1) is 0 Å². The lowest BCUT2D eigenvalue weighted by atomic mass is 10.1. The number of nitrogens with two attached hydrogens (primary N) is 2. The fourth-order valence-corrected chi connectivity index (χ4v) is 1.49. The van der Waals surface area contributed by atoms with Crippen molar-refractivity contribution >= 4 is 11.8 Å². The maximum Gasteiger partial charge on any atom is 0.242 e. The van der Waals surface area contributed by atoms with Gasteiger partial charge in [0.1, 0.15) is 6.04 Å². The molecule has 0 aromatic heterocycles. The SMILES string of the molecule is CC(CN)C(=O)N1CCOCC1C(N)=O. The Labute approximate surface area is 88.5 Å². The van der Waals surface area contributed by atoms with Gasteiger partial charge in [-0.2, -0.15) is 0 Å². The van der Waals surface area contributed by atoms with Gasteiger partial charge in [0.25, 0.3) is 0 Å². The van der Waals surface area contributed by atoms with Crippen LogP contribution in [-0.4, -0.2) is 49.1 Å². The summed E-state index contributed by atoms with van der Waals surface area (Å²) < 4.78 is 5.11. The van der Waals surface area contributed by atoms with Crippen molar-refractivity contribution in [2.45, 2.75) is 13.0 Å². The third kappa shape index (κ3) is 2.66. The topological polar surface area (TPSA) is 98.7 Å². The summed E-state index contributed by atoms with van der Waals surface area (Å²) in [5.41, 5.74) is 10.6. The van der Waals surface area contributed by atoms with Crippen LogP contribution in [0.1, 0.15) is 6.92 Å². The molecule has 86 valence electrons. The molecule has 0 saturated carbocycles. The molecular weight excluding hydrogens is 198 g/mol. The lowest BCUT2D eigenvalue weighted by Crippen LogP contribution is -2.56. The lowest BCUT2D eigenvalue weighted by molar-refractivity contribution is -0.149. The normalized spacial score (nSPS) is 23.6. The highest BCUT2D eigenvalue weighted by Crippen LogP contribution is 2.10. The highest BCUT2D eigenvalue weighted by Gasteiger charge is 2.32. The van der Waals surface area contributed by atoms with Gasteiger partial charge in [-0.25, -0.2) is 0 Å². The molecule has 2 amide bonds. The van der Waals surface area contributed by atoms with E-state index >= 15 is 0 Å². The zero-order valence-electron chi connectivity index (χ0n) is 8.81. The standard InChI is InChI=1S/C9H17N3O3/c1-6(4-10)9(14)12-2-3-15-5-7(12)8(11)13/h6-7H,2-5,10H2,1H3,(H2,11,13). The molecule has 2 atom stereocenters. The van der Waals surface area contributed by atoms with Crippen LogP contribution in [0.2, 0.25) is 0 Å². The summed E-state index contributed by atoms with van der Waals surface area (Å²) in [5, 5.41) is 0. The number of carbonyl (C=O) groups is 2. The third-order valence-electron chi connectivity index (χ3n) is 2.52. The van der Waals surface area contributed by atoms with Gasteiger partial charge in [0.15, 0.2) is 0 Å². The van der Waals surface area contributed by atoms with Gasteiger partial charge in [0, 0.05) is 19.0 Å². The minimum atomic E-state index is -0.653. The second-order valence-corrected chi connectivity index (χ2v) is 3.66. The number of primary amides is 1. The minimum absolute atomic E-state index is 0.135. The van der Waals surface area contributed by atoms with Gasteiger partial charge in [0.05, 0.1) is 13.2 Å². The molecule has 4 N–H and O–H groups in total. The zero-order valence-corrected chi connectivity index (χ0v) is 8.81. The first-order valence-corrected chi connectivity index (χ1v) is 4.95. The Balaban J connectivity index is 2.71. The molecule has 0 aromatic carbocycles. The molecule has 0 aromatic rings. The van der Waals surface area contributed by atoms with Crippen LogP contribution in [-0.2, 0) is 14.3 Å². The molecule has 0 aliphatic carbocycles. The molecule has 1 aliphatic rings. The number of rotatable bonds is 3. The maximum atomic E-state index is 11.8. The van der Waals surface area contributed by atoms with Crippen LogP contribution in [0.15, 0.2) is 0 Å². The van der Waals surface area contributed by atoms with Gasteiger partial charge in [-0.1, -0.05) is 6.92 Å². The van der Waals surface area contributed by atoms with E-state index in [2.05, 4.69) is 0 Å². The minimum Gasteiger partial charge on any atom is -0.377 e. The number of morpholine rings is 1. The van der Waals surface area contributed by atoms with Gasteiger partial charge >= 0.3 is 0 Å². The van der Waals surface area contributed by atoms with Gasteiger partial charge in [0.2, 0.25) is 11.8 Å². The van der Waals surface area contributed by atoms with Crippen LogP contribution in [0.3, 0.4) is 0 Å². The largest absolute Gasteiger partial charge is 0.377 e. The molecule has 6 nitrogen and oxygen atoms in total. The smallest absolute Gasteiger partial charge is 0.242 e. The lowest BCUT2D eigenvalue weighted by Gasteiger charge is -2.35. The van der Waals surface area contributed by atoms with E-state index in [-0.39, 0.29) is 25.0 Å². The van der Waals surface area contributed by atoms with Crippen molar-refractivity contribution in [2.24, 2.45) is 17.4 Å².